The maximum Gasteiger partial charge on any atom is 0.326 e. The fourth-order valence-corrected chi connectivity index (χ4v) is 5.42. The third kappa shape index (κ3) is 8.37. The molecule has 12 heteroatoms. The van der Waals surface area contributed by atoms with Crippen molar-refractivity contribution in [3.05, 3.63) is 66.2 Å². The Balaban J connectivity index is 1.33. The van der Waals surface area contributed by atoms with Gasteiger partial charge in [-0.15, -0.1) is 0 Å². The number of aliphatic imine (C=N–C) groups is 1. The fraction of sp³-hybridized carbons (Fsp3) is 0.303. The van der Waals surface area contributed by atoms with E-state index in [-0.39, 0.29) is 30.6 Å². The summed E-state index contributed by atoms with van der Waals surface area (Å²) in [7, 11) is 1.98. The van der Waals surface area contributed by atoms with Crippen LogP contribution in [-0.4, -0.2) is 48.0 Å². The SMILES string of the molecule is C[n+]1c(-c2cccc(C(=O)NCCCCCC(=O)NC(CCCN=C(N)N)C(=O)O)c2)c2cc(N)ccc2c2ccc(N)cc21. The Hall–Kier alpha value is -5.39. The smallest absolute Gasteiger partial charge is 0.326 e. The topological polar surface area (TPSA) is 216 Å². The van der Waals surface area contributed by atoms with Crippen LogP contribution in [-0.2, 0) is 16.6 Å². The van der Waals surface area contributed by atoms with Crippen molar-refractivity contribution in [2.24, 2.45) is 23.5 Å². The summed E-state index contributed by atoms with van der Waals surface area (Å²) < 4.78 is 2.08. The number of hydrogen-bond donors (Lipinski definition) is 7. The number of fused-ring (bicyclic) bond motifs is 3. The number of carboxylic acid groups (broad SMARTS) is 1. The van der Waals surface area contributed by atoms with Crippen molar-refractivity contribution in [3.63, 3.8) is 0 Å². The van der Waals surface area contributed by atoms with Gasteiger partial charge in [0, 0.05) is 53.5 Å². The van der Waals surface area contributed by atoms with E-state index in [1.165, 1.54) is 0 Å². The van der Waals surface area contributed by atoms with Crippen LogP contribution in [0.4, 0.5) is 11.4 Å². The Labute approximate surface area is 261 Å². The maximum absolute atomic E-state index is 13.1. The number of aromatic nitrogens is 1. The number of guanidine groups is 1. The molecule has 0 aliphatic rings. The van der Waals surface area contributed by atoms with Gasteiger partial charge in [0.1, 0.15) is 13.1 Å². The van der Waals surface area contributed by atoms with Gasteiger partial charge in [-0.3, -0.25) is 14.6 Å². The highest BCUT2D eigenvalue weighted by atomic mass is 16.4. The van der Waals surface area contributed by atoms with Crippen molar-refractivity contribution in [2.75, 3.05) is 24.6 Å². The molecule has 0 radical (unpaired) electrons. The van der Waals surface area contributed by atoms with Gasteiger partial charge < -0.3 is 38.7 Å². The minimum Gasteiger partial charge on any atom is -0.480 e. The molecule has 0 saturated carbocycles. The van der Waals surface area contributed by atoms with E-state index in [9.17, 15) is 19.5 Å². The number of hydrogen-bond acceptors (Lipinski definition) is 6. The largest absolute Gasteiger partial charge is 0.480 e. The first-order chi connectivity index (χ1) is 21.5. The number of carboxylic acids is 1. The molecule has 2 amide bonds. The molecular formula is C33H41N8O4+. The van der Waals surface area contributed by atoms with Crippen molar-refractivity contribution in [3.8, 4) is 11.3 Å². The highest BCUT2D eigenvalue weighted by Gasteiger charge is 2.22. The number of carbonyl (C=O) groups is 3. The van der Waals surface area contributed by atoms with Crippen LogP contribution in [0.15, 0.2) is 65.7 Å². The Morgan fingerprint density at radius 2 is 1.62 bits per heavy atom. The van der Waals surface area contributed by atoms with Gasteiger partial charge in [0.15, 0.2) is 5.96 Å². The van der Waals surface area contributed by atoms with E-state index < -0.39 is 12.0 Å². The predicted octanol–water partition coefficient (Wildman–Crippen LogP) is 2.56. The first-order valence-electron chi connectivity index (χ1n) is 14.9. The van der Waals surface area contributed by atoms with E-state index in [4.69, 9.17) is 22.9 Å². The lowest BCUT2D eigenvalue weighted by Gasteiger charge is -2.14. The minimum absolute atomic E-state index is 0.0585. The molecule has 0 aliphatic carbocycles. The third-order valence-corrected chi connectivity index (χ3v) is 7.65. The molecule has 1 aromatic heterocycles. The van der Waals surface area contributed by atoms with E-state index in [0.29, 0.717) is 55.7 Å². The number of benzene rings is 3. The summed E-state index contributed by atoms with van der Waals surface area (Å²) in [5, 5.41) is 17.9. The van der Waals surface area contributed by atoms with E-state index in [1.54, 1.807) is 6.07 Å². The number of unbranched alkanes of at least 4 members (excludes halogenated alkanes) is 2. The second-order valence-electron chi connectivity index (χ2n) is 11.0. The zero-order valence-electron chi connectivity index (χ0n) is 25.4. The number of nitrogens with two attached hydrogens (primary N) is 4. The number of aryl methyl sites for hydroxylation is 1. The average Bonchev–Trinajstić information content (AvgIpc) is 3.00. The van der Waals surface area contributed by atoms with Crippen molar-refractivity contribution in [1.29, 1.82) is 0 Å². The van der Waals surface area contributed by atoms with Gasteiger partial charge in [0.25, 0.3) is 5.91 Å². The number of nitrogens with one attached hydrogen (secondary N) is 2. The lowest BCUT2D eigenvalue weighted by atomic mass is 9.97. The normalized spacial score (nSPS) is 11.7. The molecule has 1 heterocycles. The van der Waals surface area contributed by atoms with Crippen LogP contribution in [0.3, 0.4) is 0 Å². The minimum atomic E-state index is -1.10. The molecule has 1 unspecified atom stereocenters. The summed E-state index contributed by atoms with van der Waals surface area (Å²) in [6.45, 7) is 0.733. The zero-order chi connectivity index (χ0) is 32.5. The molecule has 0 spiro atoms. The number of rotatable bonds is 14. The quantitative estimate of drug-likeness (QED) is 0.0279. The number of aliphatic carboxylic acids is 1. The van der Waals surface area contributed by atoms with Crippen LogP contribution in [0, 0.1) is 0 Å². The third-order valence-electron chi connectivity index (χ3n) is 7.65. The Kier molecular flexibility index (Phi) is 10.7. The molecule has 0 fully saturated rings. The van der Waals surface area contributed by atoms with Crippen LogP contribution in [0.2, 0.25) is 0 Å². The molecule has 3 aromatic carbocycles. The van der Waals surface area contributed by atoms with Crippen LogP contribution in [0.25, 0.3) is 32.9 Å². The van der Waals surface area contributed by atoms with E-state index >= 15 is 0 Å². The average molecular weight is 614 g/mol. The molecule has 0 bridgehead atoms. The van der Waals surface area contributed by atoms with E-state index in [0.717, 1.165) is 32.9 Å². The number of anilines is 2. The van der Waals surface area contributed by atoms with Gasteiger partial charge in [-0.2, -0.15) is 4.57 Å². The molecular weight excluding hydrogens is 572 g/mol. The summed E-state index contributed by atoms with van der Waals surface area (Å²) in [6, 6.07) is 18.1. The van der Waals surface area contributed by atoms with Crippen LogP contribution in [0.5, 0.6) is 0 Å². The molecule has 236 valence electrons. The van der Waals surface area contributed by atoms with Gasteiger partial charge >= 0.3 is 5.97 Å². The zero-order valence-corrected chi connectivity index (χ0v) is 25.4. The summed E-state index contributed by atoms with van der Waals surface area (Å²) in [5.41, 5.74) is 27.4. The second-order valence-corrected chi connectivity index (χ2v) is 11.0. The first kappa shape index (κ1) is 32.5. The highest BCUT2D eigenvalue weighted by molar-refractivity contribution is 6.10. The summed E-state index contributed by atoms with van der Waals surface area (Å²) in [6.07, 6.45) is 2.78. The van der Waals surface area contributed by atoms with E-state index in [1.807, 2.05) is 61.6 Å². The lowest BCUT2D eigenvalue weighted by Crippen LogP contribution is -2.40. The first-order valence-corrected chi connectivity index (χ1v) is 14.9. The summed E-state index contributed by atoms with van der Waals surface area (Å²) >= 11 is 0. The van der Waals surface area contributed by atoms with Gasteiger partial charge in [0.2, 0.25) is 17.1 Å². The van der Waals surface area contributed by atoms with Gasteiger partial charge in [0.05, 0.1) is 10.8 Å². The summed E-state index contributed by atoms with van der Waals surface area (Å²) in [5.74, 6) is -1.69. The van der Waals surface area contributed by atoms with E-state index in [2.05, 4.69) is 20.2 Å². The monoisotopic (exact) mass is 613 g/mol. The molecule has 4 aromatic rings. The molecule has 1 atom stereocenters. The Bertz CT molecular complexity index is 1750. The maximum atomic E-state index is 13.1. The molecule has 11 N–H and O–H groups in total. The highest BCUT2D eigenvalue weighted by Crippen LogP contribution is 2.33. The lowest BCUT2D eigenvalue weighted by molar-refractivity contribution is -0.632. The van der Waals surface area contributed by atoms with Crippen LogP contribution >= 0.6 is 0 Å². The van der Waals surface area contributed by atoms with Crippen LogP contribution in [0.1, 0.15) is 48.9 Å². The number of carbonyl (C=O) groups excluding carboxylic acids is 2. The van der Waals surface area contributed by atoms with Crippen molar-refractivity contribution < 1.29 is 24.1 Å². The molecule has 0 saturated heterocycles. The number of nitrogen functional groups attached to an aromatic ring is 2. The molecule has 4 rings (SSSR count). The summed E-state index contributed by atoms with van der Waals surface area (Å²) in [4.78, 5) is 40.6. The van der Waals surface area contributed by atoms with Gasteiger partial charge in [-0.05, 0) is 68.1 Å². The Morgan fingerprint density at radius 3 is 2.36 bits per heavy atom. The Morgan fingerprint density at radius 1 is 0.889 bits per heavy atom. The van der Waals surface area contributed by atoms with Crippen molar-refractivity contribution in [1.82, 2.24) is 10.6 Å². The number of pyridine rings is 1. The molecule has 45 heavy (non-hydrogen) atoms. The second kappa shape index (κ2) is 14.9. The van der Waals surface area contributed by atoms with Crippen molar-refractivity contribution >= 4 is 56.8 Å². The van der Waals surface area contributed by atoms with Crippen LogP contribution < -0.4 is 38.1 Å². The molecule has 12 nitrogen and oxygen atoms in total. The number of amides is 2. The number of nitrogens with zero attached hydrogens (tertiary/aromatic N) is 2. The predicted molar refractivity (Wildman–Crippen MR) is 177 cm³/mol. The van der Waals surface area contributed by atoms with Crippen molar-refractivity contribution in [2.45, 2.75) is 44.6 Å². The fourth-order valence-electron chi connectivity index (χ4n) is 5.42. The standard InChI is InChI=1S/C33H40N8O4/c1-41-28-19-23(35)12-14-25(28)24-13-11-22(34)18-26(24)30(41)20-7-5-8-21(17-20)31(43)38-15-4-2-3-10-29(42)40-27(32(44)45)9-6-16-39-33(36)37/h5,7-8,11-14,17-19,27,35H,2-4,6,9-10,15-16,34H2,1H3,(H7,36,37,38,39,40,42,43,44,45)/p+1. The molecule has 0 aliphatic heterocycles. The van der Waals surface area contributed by atoms with Gasteiger partial charge in [-0.25, -0.2) is 4.79 Å². The van der Waals surface area contributed by atoms with Gasteiger partial charge in [-0.1, -0.05) is 18.6 Å².